The van der Waals surface area contributed by atoms with Crippen LogP contribution in [0.25, 0.3) is 10.2 Å². The number of aromatic nitrogens is 2. The molecular formula is C14H12FN5O2S. The summed E-state index contributed by atoms with van der Waals surface area (Å²) in [6, 6.07) is 3.51. The quantitative estimate of drug-likeness (QED) is 0.579. The largest absolute Gasteiger partial charge is 0.494 e. The molecule has 0 spiro atoms. The first-order chi connectivity index (χ1) is 11.2. The van der Waals surface area contributed by atoms with E-state index in [2.05, 4.69) is 25.6 Å². The van der Waals surface area contributed by atoms with Gasteiger partial charge >= 0.3 is 4.87 Å². The number of rotatable bonds is 2. The van der Waals surface area contributed by atoms with E-state index < -0.39 is 5.82 Å². The molecule has 0 atom stereocenters. The summed E-state index contributed by atoms with van der Waals surface area (Å²) in [7, 11) is 1.53. The molecule has 3 aromatic rings. The maximum absolute atomic E-state index is 14.0. The number of aromatic amines is 2. The van der Waals surface area contributed by atoms with Gasteiger partial charge < -0.3 is 25.3 Å². The number of nitrogens with zero attached hydrogens (tertiary/aromatic N) is 1. The summed E-state index contributed by atoms with van der Waals surface area (Å²) in [4.78, 5) is 21.2. The van der Waals surface area contributed by atoms with Gasteiger partial charge in [-0.2, -0.15) is 0 Å². The van der Waals surface area contributed by atoms with Gasteiger partial charge in [0.15, 0.2) is 5.82 Å². The lowest BCUT2D eigenvalue weighted by molar-refractivity contribution is 0.417. The first-order valence-electron chi connectivity index (χ1n) is 6.79. The number of methoxy groups -OCH3 is 1. The predicted molar refractivity (Wildman–Crippen MR) is 88.4 cm³/mol. The van der Waals surface area contributed by atoms with Gasteiger partial charge in [0.2, 0.25) is 0 Å². The Bertz CT molecular complexity index is 987. The van der Waals surface area contributed by atoms with E-state index in [1.54, 1.807) is 12.1 Å². The molecule has 1 aromatic carbocycles. The van der Waals surface area contributed by atoms with Crippen molar-refractivity contribution in [2.75, 3.05) is 24.4 Å². The molecule has 4 rings (SSSR count). The zero-order chi connectivity index (χ0) is 16.0. The summed E-state index contributed by atoms with van der Waals surface area (Å²) in [5.74, 6) is 1.11. The van der Waals surface area contributed by atoms with Crippen molar-refractivity contribution in [1.82, 2.24) is 9.97 Å². The molecule has 0 amide bonds. The minimum Gasteiger partial charge on any atom is -0.494 e. The van der Waals surface area contributed by atoms with Crippen molar-refractivity contribution in [1.29, 1.82) is 0 Å². The van der Waals surface area contributed by atoms with Crippen LogP contribution in [-0.4, -0.2) is 29.6 Å². The van der Waals surface area contributed by atoms with Gasteiger partial charge in [-0.3, -0.25) is 4.79 Å². The minimum atomic E-state index is -0.398. The second-order valence-corrected chi connectivity index (χ2v) is 5.93. The molecule has 0 radical (unpaired) electrons. The van der Waals surface area contributed by atoms with E-state index >= 15 is 0 Å². The zero-order valence-electron chi connectivity index (χ0n) is 12.0. The van der Waals surface area contributed by atoms with Gasteiger partial charge in [0.1, 0.15) is 24.1 Å². The molecule has 0 saturated carbocycles. The van der Waals surface area contributed by atoms with Crippen LogP contribution < -0.4 is 20.2 Å². The first-order valence-corrected chi connectivity index (χ1v) is 7.61. The SMILES string of the molecule is COc1cc2[nH]c(=O)sc2cc1NC1=NCNc2[nH]cc(F)c21. The summed E-state index contributed by atoms with van der Waals surface area (Å²) in [6.07, 6.45) is 1.28. The highest BCUT2D eigenvalue weighted by molar-refractivity contribution is 7.16. The molecule has 2 aromatic heterocycles. The third-order valence-electron chi connectivity index (χ3n) is 3.56. The standard InChI is InChI=1S/C14H12FN5O2S/c1-22-9-2-8-10(23-14(21)20-8)3-7(9)19-13-11-6(15)4-16-12(11)17-5-18-13/h2-4,16-17H,5H2,1H3,(H,18,19)(H,20,21). The first kappa shape index (κ1) is 13.8. The minimum absolute atomic E-state index is 0.141. The van der Waals surface area contributed by atoms with Crippen molar-refractivity contribution < 1.29 is 9.13 Å². The zero-order valence-corrected chi connectivity index (χ0v) is 12.8. The number of nitrogens with one attached hydrogen (secondary N) is 4. The fourth-order valence-corrected chi connectivity index (χ4v) is 3.28. The van der Waals surface area contributed by atoms with E-state index in [9.17, 15) is 9.18 Å². The number of H-pyrrole nitrogens is 2. The van der Waals surface area contributed by atoms with Crippen LogP contribution in [0.3, 0.4) is 0 Å². The van der Waals surface area contributed by atoms with Gasteiger partial charge in [0.25, 0.3) is 0 Å². The van der Waals surface area contributed by atoms with E-state index in [1.807, 2.05) is 0 Å². The molecule has 0 unspecified atom stereocenters. The average Bonchev–Trinajstić information content (AvgIpc) is 3.09. The molecule has 3 heterocycles. The Morgan fingerprint density at radius 2 is 2.30 bits per heavy atom. The number of amidine groups is 1. The average molecular weight is 333 g/mol. The summed E-state index contributed by atoms with van der Waals surface area (Å²) in [5.41, 5.74) is 1.66. The number of hydrogen-bond acceptors (Lipinski definition) is 6. The van der Waals surface area contributed by atoms with Crippen molar-refractivity contribution in [2.24, 2.45) is 4.99 Å². The van der Waals surface area contributed by atoms with Crippen LogP contribution in [0.1, 0.15) is 5.56 Å². The highest BCUT2D eigenvalue weighted by atomic mass is 32.1. The lowest BCUT2D eigenvalue weighted by atomic mass is 10.2. The van der Waals surface area contributed by atoms with Gasteiger partial charge in [-0.15, -0.1) is 0 Å². The molecule has 0 bridgehead atoms. The Kier molecular flexibility index (Phi) is 3.08. The molecule has 9 heteroatoms. The highest BCUT2D eigenvalue weighted by Gasteiger charge is 2.21. The molecule has 0 aliphatic carbocycles. The topological polar surface area (TPSA) is 94.3 Å². The summed E-state index contributed by atoms with van der Waals surface area (Å²) in [6.45, 7) is 0.331. The second kappa shape index (κ2) is 5.13. The van der Waals surface area contributed by atoms with E-state index in [0.29, 0.717) is 40.8 Å². The van der Waals surface area contributed by atoms with E-state index in [4.69, 9.17) is 4.74 Å². The Hall–Kier alpha value is -2.81. The highest BCUT2D eigenvalue weighted by Crippen LogP contribution is 2.32. The second-order valence-electron chi connectivity index (χ2n) is 4.92. The Balaban J connectivity index is 1.79. The number of fused-ring (bicyclic) bond motifs is 2. The van der Waals surface area contributed by atoms with Crippen LogP contribution in [-0.2, 0) is 0 Å². The molecule has 7 nitrogen and oxygen atoms in total. The molecule has 118 valence electrons. The number of aliphatic imine (C=N–C) groups is 1. The van der Waals surface area contributed by atoms with Crippen LogP contribution in [0, 0.1) is 5.82 Å². The van der Waals surface area contributed by atoms with E-state index in [1.165, 1.54) is 13.3 Å². The summed E-state index contributed by atoms with van der Waals surface area (Å²) < 4.78 is 20.1. The van der Waals surface area contributed by atoms with Crippen molar-refractivity contribution in [3.63, 3.8) is 0 Å². The normalized spacial score (nSPS) is 13.4. The maximum atomic E-state index is 14.0. The number of ether oxygens (including phenoxy) is 1. The monoisotopic (exact) mass is 333 g/mol. The number of benzene rings is 1. The number of halogens is 1. The van der Waals surface area contributed by atoms with Crippen LogP contribution in [0.5, 0.6) is 5.75 Å². The Morgan fingerprint density at radius 3 is 3.13 bits per heavy atom. The van der Waals surface area contributed by atoms with E-state index in [-0.39, 0.29) is 4.87 Å². The van der Waals surface area contributed by atoms with Crippen LogP contribution in [0.4, 0.5) is 15.9 Å². The van der Waals surface area contributed by atoms with Gasteiger partial charge in [-0.1, -0.05) is 11.3 Å². The molecule has 23 heavy (non-hydrogen) atoms. The third kappa shape index (κ3) is 2.25. The molecule has 0 saturated heterocycles. The number of hydrogen-bond donors (Lipinski definition) is 4. The fourth-order valence-electron chi connectivity index (χ4n) is 2.52. The van der Waals surface area contributed by atoms with Gasteiger partial charge in [-0.25, -0.2) is 9.38 Å². The van der Waals surface area contributed by atoms with Gasteiger partial charge in [0.05, 0.1) is 28.6 Å². The molecule has 4 N–H and O–H groups in total. The van der Waals surface area contributed by atoms with Gasteiger partial charge in [-0.05, 0) is 6.07 Å². The van der Waals surface area contributed by atoms with Crippen LogP contribution >= 0.6 is 11.3 Å². The van der Waals surface area contributed by atoms with Crippen molar-refractivity contribution in [2.45, 2.75) is 0 Å². The molecule has 0 fully saturated rings. The van der Waals surface area contributed by atoms with E-state index in [0.717, 1.165) is 16.0 Å². The number of anilines is 2. The lowest BCUT2D eigenvalue weighted by Gasteiger charge is -2.18. The Labute approximate surface area is 133 Å². The fraction of sp³-hybridized carbons (Fsp3) is 0.143. The van der Waals surface area contributed by atoms with Crippen molar-refractivity contribution in [3.8, 4) is 5.75 Å². The van der Waals surface area contributed by atoms with Crippen LogP contribution in [0.15, 0.2) is 28.1 Å². The Morgan fingerprint density at radius 1 is 1.43 bits per heavy atom. The van der Waals surface area contributed by atoms with Gasteiger partial charge in [0, 0.05) is 12.3 Å². The summed E-state index contributed by atoms with van der Waals surface area (Å²) >= 11 is 1.10. The van der Waals surface area contributed by atoms with Crippen LogP contribution in [0.2, 0.25) is 0 Å². The molecule has 1 aliphatic heterocycles. The van der Waals surface area contributed by atoms with Crippen molar-refractivity contribution >= 4 is 38.9 Å². The number of thiazole rings is 1. The summed E-state index contributed by atoms with van der Waals surface area (Å²) in [5, 5.41) is 6.06. The lowest BCUT2D eigenvalue weighted by Crippen LogP contribution is -2.22. The molecule has 1 aliphatic rings. The smallest absolute Gasteiger partial charge is 0.305 e. The maximum Gasteiger partial charge on any atom is 0.305 e. The molecular weight excluding hydrogens is 321 g/mol. The van der Waals surface area contributed by atoms with Crippen molar-refractivity contribution in [3.05, 3.63) is 39.4 Å². The third-order valence-corrected chi connectivity index (χ3v) is 4.40. The predicted octanol–water partition coefficient (Wildman–Crippen LogP) is 2.31.